The van der Waals surface area contributed by atoms with E-state index in [9.17, 15) is 9.59 Å². The molecule has 0 aromatic heterocycles. The van der Waals surface area contributed by atoms with Crippen LogP contribution in [0.25, 0.3) is 0 Å². The molecule has 4 nitrogen and oxygen atoms in total. The number of rotatable bonds is 6. The largest absolute Gasteiger partial charge is 0.332 e. The van der Waals surface area contributed by atoms with Crippen LogP contribution in [0, 0.1) is 6.92 Å². The van der Waals surface area contributed by atoms with Crippen LogP contribution in [0.5, 0.6) is 0 Å². The summed E-state index contributed by atoms with van der Waals surface area (Å²) in [6.07, 6.45) is 0. The summed E-state index contributed by atoms with van der Waals surface area (Å²) in [7, 11) is 0. The quantitative estimate of drug-likeness (QED) is 0.249. The molecule has 5 heteroatoms. The van der Waals surface area contributed by atoms with Crippen LogP contribution in [0.15, 0.2) is 93.8 Å². The first-order valence-corrected chi connectivity index (χ1v) is 9.55. The van der Waals surface area contributed by atoms with E-state index in [-0.39, 0.29) is 11.5 Å². The van der Waals surface area contributed by atoms with Gasteiger partial charge in [0.25, 0.3) is 0 Å². The van der Waals surface area contributed by atoms with E-state index in [0.717, 1.165) is 15.4 Å². The van der Waals surface area contributed by atoms with Gasteiger partial charge in [0.05, 0.1) is 0 Å². The molecule has 0 N–H and O–H groups in total. The summed E-state index contributed by atoms with van der Waals surface area (Å²) >= 11 is 1.62. The Bertz CT molecular complexity index is 1010. The normalized spacial score (nSPS) is 11.1. The average Bonchev–Trinajstić information content (AvgIpc) is 2.70. The third kappa shape index (κ3) is 4.96. The number of hydrogen-bond acceptors (Lipinski definition) is 5. The van der Waals surface area contributed by atoms with E-state index in [0.29, 0.717) is 11.1 Å². The molecule has 0 heterocycles. The molecule has 3 aromatic carbocycles. The monoisotopic (exact) mass is 389 g/mol. The second-order valence-corrected chi connectivity index (χ2v) is 7.25. The molecule has 0 spiro atoms. The molecule has 28 heavy (non-hydrogen) atoms. The zero-order valence-corrected chi connectivity index (χ0v) is 16.4. The molecule has 0 unspecified atom stereocenters. The number of aryl methyl sites for hydroxylation is 1. The van der Waals surface area contributed by atoms with Crippen molar-refractivity contribution in [2.75, 3.05) is 0 Å². The van der Waals surface area contributed by atoms with E-state index in [1.165, 1.54) is 6.92 Å². The average molecular weight is 389 g/mol. The number of oxime groups is 1. The van der Waals surface area contributed by atoms with Crippen LogP contribution in [0.2, 0.25) is 0 Å². The Labute approximate surface area is 168 Å². The topological polar surface area (TPSA) is 55.7 Å². The zero-order valence-electron chi connectivity index (χ0n) is 15.6. The van der Waals surface area contributed by atoms with Crippen LogP contribution in [0.3, 0.4) is 0 Å². The van der Waals surface area contributed by atoms with E-state index in [4.69, 9.17) is 4.84 Å². The van der Waals surface area contributed by atoms with E-state index >= 15 is 0 Å². The van der Waals surface area contributed by atoms with Gasteiger partial charge >= 0.3 is 5.97 Å². The van der Waals surface area contributed by atoms with Crippen molar-refractivity contribution in [2.45, 2.75) is 23.6 Å². The van der Waals surface area contributed by atoms with Gasteiger partial charge in [-0.25, -0.2) is 4.79 Å². The highest BCUT2D eigenvalue weighted by molar-refractivity contribution is 7.99. The van der Waals surface area contributed by atoms with E-state index in [1.54, 1.807) is 30.0 Å². The molecule has 140 valence electrons. The minimum atomic E-state index is -0.575. The molecule has 0 saturated carbocycles. The van der Waals surface area contributed by atoms with Gasteiger partial charge < -0.3 is 4.84 Å². The lowest BCUT2D eigenvalue weighted by Crippen LogP contribution is -2.18. The predicted octanol–water partition coefficient (Wildman–Crippen LogP) is 5.30. The third-order valence-electron chi connectivity index (χ3n) is 3.98. The highest BCUT2D eigenvalue weighted by atomic mass is 32.2. The molecule has 0 radical (unpaired) electrons. The number of carbonyl (C=O) groups excluding carboxylic acids is 2. The molecular weight excluding hydrogens is 370 g/mol. The second-order valence-electron chi connectivity index (χ2n) is 6.11. The van der Waals surface area contributed by atoms with Crippen molar-refractivity contribution in [3.63, 3.8) is 0 Å². The third-order valence-corrected chi connectivity index (χ3v) is 4.99. The Morgan fingerprint density at radius 1 is 0.821 bits per heavy atom. The molecule has 0 aliphatic rings. The van der Waals surface area contributed by atoms with Gasteiger partial charge in [-0.1, -0.05) is 59.4 Å². The van der Waals surface area contributed by atoms with Crippen molar-refractivity contribution < 1.29 is 14.4 Å². The number of Topliss-reactive ketones (excluding diaryl/α,β-unsaturated/α-hetero) is 1. The summed E-state index contributed by atoms with van der Waals surface area (Å²) in [6.45, 7) is 3.13. The maximum absolute atomic E-state index is 13.1. The minimum Gasteiger partial charge on any atom is -0.318 e. The van der Waals surface area contributed by atoms with Gasteiger partial charge in [0.15, 0.2) is 5.71 Å². The molecule has 0 fully saturated rings. The highest BCUT2D eigenvalue weighted by Crippen LogP contribution is 2.27. The van der Waals surface area contributed by atoms with E-state index in [2.05, 4.69) is 5.16 Å². The van der Waals surface area contributed by atoms with Crippen molar-refractivity contribution >= 4 is 29.2 Å². The van der Waals surface area contributed by atoms with Crippen molar-refractivity contribution in [1.29, 1.82) is 0 Å². The summed E-state index contributed by atoms with van der Waals surface area (Å²) in [4.78, 5) is 31.2. The van der Waals surface area contributed by atoms with Gasteiger partial charge in [0.2, 0.25) is 5.78 Å². The van der Waals surface area contributed by atoms with E-state index < -0.39 is 5.97 Å². The number of carbonyl (C=O) groups is 2. The van der Waals surface area contributed by atoms with E-state index in [1.807, 2.05) is 67.6 Å². The van der Waals surface area contributed by atoms with Crippen LogP contribution >= 0.6 is 11.8 Å². The maximum Gasteiger partial charge on any atom is 0.332 e. The summed E-state index contributed by atoms with van der Waals surface area (Å²) in [5.74, 6) is -0.875. The fourth-order valence-corrected chi connectivity index (χ4v) is 3.43. The molecule has 0 bridgehead atoms. The van der Waals surface area contributed by atoms with Crippen molar-refractivity contribution in [2.24, 2.45) is 5.16 Å². The standard InChI is InChI=1S/C23H19NO3S/c1-16-8-6-7-11-21(16)22(24-27-17(2)25)23(26)18-12-14-20(15-13-18)28-19-9-4-3-5-10-19/h3-15H,1-2H3. The smallest absolute Gasteiger partial charge is 0.318 e. The lowest BCUT2D eigenvalue weighted by atomic mass is 9.97. The zero-order chi connectivity index (χ0) is 19.9. The van der Waals surface area contributed by atoms with Crippen LogP contribution in [-0.2, 0) is 9.63 Å². The highest BCUT2D eigenvalue weighted by Gasteiger charge is 2.19. The summed E-state index contributed by atoms with van der Waals surface area (Å²) in [6, 6.07) is 24.7. The van der Waals surface area contributed by atoms with Crippen LogP contribution in [0.1, 0.15) is 28.4 Å². The molecular formula is C23H19NO3S. The molecule has 0 atom stereocenters. The SMILES string of the molecule is CC(=O)ON=C(C(=O)c1ccc(Sc2ccccc2)cc1)c1ccccc1C. The van der Waals surface area contributed by atoms with Gasteiger partial charge in [-0.2, -0.15) is 0 Å². The minimum absolute atomic E-state index is 0.108. The van der Waals surface area contributed by atoms with Gasteiger partial charge in [0, 0.05) is 27.8 Å². The first kappa shape index (κ1) is 19.6. The Balaban J connectivity index is 1.87. The fraction of sp³-hybridized carbons (Fsp3) is 0.0870. The number of nitrogens with zero attached hydrogens (tertiary/aromatic N) is 1. The first-order chi connectivity index (χ1) is 13.5. The fourth-order valence-electron chi connectivity index (χ4n) is 2.60. The molecule has 0 amide bonds. The molecule has 0 saturated heterocycles. The van der Waals surface area contributed by atoms with Crippen LogP contribution in [-0.4, -0.2) is 17.5 Å². The lowest BCUT2D eigenvalue weighted by Gasteiger charge is -2.09. The number of ketones is 1. The molecule has 0 aliphatic heterocycles. The second kappa shape index (κ2) is 9.15. The number of hydrogen-bond donors (Lipinski definition) is 0. The van der Waals surface area contributed by atoms with Gasteiger partial charge in [-0.3, -0.25) is 4.79 Å². The van der Waals surface area contributed by atoms with Crippen LogP contribution in [0.4, 0.5) is 0 Å². The Kier molecular flexibility index (Phi) is 6.40. The molecule has 0 aliphatic carbocycles. The summed E-state index contributed by atoms with van der Waals surface area (Å²) in [5, 5.41) is 3.83. The van der Waals surface area contributed by atoms with Gasteiger partial charge in [-0.05, 0) is 48.9 Å². The molecule has 3 rings (SSSR count). The van der Waals surface area contributed by atoms with Crippen LogP contribution < -0.4 is 0 Å². The predicted molar refractivity (Wildman–Crippen MR) is 111 cm³/mol. The lowest BCUT2D eigenvalue weighted by molar-refractivity contribution is -0.140. The van der Waals surface area contributed by atoms with Crippen molar-refractivity contribution in [1.82, 2.24) is 0 Å². The number of benzene rings is 3. The maximum atomic E-state index is 13.1. The van der Waals surface area contributed by atoms with Crippen molar-refractivity contribution in [3.8, 4) is 0 Å². The van der Waals surface area contributed by atoms with Gasteiger partial charge in [0.1, 0.15) is 0 Å². The van der Waals surface area contributed by atoms with Gasteiger partial charge in [-0.15, -0.1) is 0 Å². The summed E-state index contributed by atoms with van der Waals surface area (Å²) in [5.41, 5.74) is 2.10. The molecule has 3 aromatic rings. The Morgan fingerprint density at radius 2 is 1.43 bits per heavy atom. The first-order valence-electron chi connectivity index (χ1n) is 8.74. The Hall–Kier alpha value is -3.18. The Morgan fingerprint density at radius 3 is 2.07 bits per heavy atom. The van der Waals surface area contributed by atoms with Crippen molar-refractivity contribution in [3.05, 3.63) is 95.6 Å². The summed E-state index contributed by atoms with van der Waals surface area (Å²) < 4.78 is 0.